The summed E-state index contributed by atoms with van der Waals surface area (Å²) in [6.45, 7) is 4.98. The summed E-state index contributed by atoms with van der Waals surface area (Å²) in [6, 6.07) is 13.6. The number of amides is 1. The van der Waals surface area contributed by atoms with Gasteiger partial charge in [0.05, 0.1) is 19.3 Å². The van der Waals surface area contributed by atoms with Crippen molar-refractivity contribution in [3.8, 4) is 10.9 Å². The zero-order valence-electron chi connectivity index (χ0n) is 19.1. The summed E-state index contributed by atoms with van der Waals surface area (Å²) >= 11 is 7.82. The number of aromatic amines is 1. The minimum absolute atomic E-state index is 0.184. The van der Waals surface area contributed by atoms with Crippen molar-refractivity contribution in [2.24, 2.45) is 0 Å². The summed E-state index contributed by atoms with van der Waals surface area (Å²) in [4.78, 5) is 25.3. The van der Waals surface area contributed by atoms with Gasteiger partial charge in [-0.25, -0.2) is 4.98 Å². The molecule has 1 N–H and O–H groups in total. The van der Waals surface area contributed by atoms with Crippen LogP contribution in [0.25, 0.3) is 10.9 Å². The van der Waals surface area contributed by atoms with E-state index < -0.39 is 0 Å². The van der Waals surface area contributed by atoms with Gasteiger partial charge in [0, 0.05) is 58.9 Å². The Kier molecular flexibility index (Phi) is 6.20. The summed E-state index contributed by atoms with van der Waals surface area (Å²) in [6.07, 6.45) is 3.61. The SMILES string of the molecule is O=CN1CCc2c([nH]c3ccc(Cl)cc23)[C@@H]1c1ccc(Oc2ncc(CN3CCOCC3)s2)cc1. The molecule has 1 saturated heterocycles. The van der Waals surface area contributed by atoms with E-state index in [9.17, 15) is 4.79 Å². The second kappa shape index (κ2) is 9.62. The quantitative estimate of drug-likeness (QED) is 0.371. The number of H-pyrrole nitrogens is 1. The second-order valence-electron chi connectivity index (χ2n) is 8.86. The van der Waals surface area contributed by atoms with Crippen LogP contribution in [0.3, 0.4) is 0 Å². The summed E-state index contributed by atoms with van der Waals surface area (Å²) in [5, 5.41) is 2.47. The van der Waals surface area contributed by atoms with E-state index >= 15 is 0 Å². The Morgan fingerprint density at radius 2 is 2.00 bits per heavy atom. The predicted molar refractivity (Wildman–Crippen MR) is 136 cm³/mol. The molecule has 1 atom stereocenters. The molecule has 1 amide bonds. The first-order chi connectivity index (χ1) is 17.2. The molecule has 4 aromatic rings. The number of nitrogens with zero attached hydrogens (tertiary/aromatic N) is 3. The van der Waals surface area contributed by atoms with Crippen LogP contribution in [0.2, 0.25) is 5.02 Å². The number of carbonyl (C=O) groups is 1. The van der Waals surface area contributed by atoms with Gasteiger partial charge in [-0.1, -0.05) is 35.1 Å². The molecule has 9 heteroatoms. The van der Waals surface area contributed by atoms with Gasteiger partial charge in [0.25, 0.3) is 5.19 Å². The number of ether oxygens (including phenoxy) is 2. The molecular formula is C26H25ClN4O3S. The number of carbonyl (C=O) groups excluding carboxylic acids is 1. The fraction of sp³-hybridized carbons (Fsp3) is 0.308. The Balaban J connectivity index is 1.22. The summed E-state index contributed by atoms with van der Waals surface area (Å²) < 4.78 is 11.5. The first kappa shape index (κ1) is 22.5. The molecule has 7 nitrogen and oxygen atoms in total. The van der Waals surface area contributed by atoms with Crippen LogP contribution in [0.4, 0.5) is 0 Å². The van der Waals surface area contributed by atoms with Crippen molar-refractivity contribution in [1.29, 1.82) is 0 Å². The van der Waals surface area contributed by atoms with Gasteiger partial charge < -0.3 is 19.4 Å². The van der Waals surface area contributed by atoms with Crippen LogP contribution in [0.5, 0.6) is 10.9 Å². The molecule has 0 unspecified atom stereocenters. The Morgan fingerprint density at radius 3 is 2.80 bits per heavy atom. The summed E-state index contributed by atoms with van der Waals surface area (Å²) in [5.41, 5.74) is 4.33. The van der Waals surface area contributed by atoms with Gasteiger partial charge >= 0.3 is 0 Å². The van der Waals surface area contributed by atoms with Crippen molar-refractivity contribution in [2.45, 2.75) is 19.0 Å². The van der Waals surface area contributed by atoms with Gasteiger partial charge in [0.1, 0.15) is 5.75 Å². The third-order valence-electron chi connectivity index (χ3n) is 6.68. The zero-order chi connectivity index (χ0) is 23.8. The monoisotopic (exact) mass is 508 g/mol. The molecule has 1 fully saturated rings. The van der Waals surface area contributed by atoms with Crippen molar-refractivity contribution in [1.82, 2.24) is 19.8 Å². The number of aromatic nitrogens is 2. The van der Waals surface area contributed by atoms with Gasteiger partial charge in [0.15, 0.2) is 0 Å². The number of fused-ring (bicyclic) bond motifs is 3. The largest absolute Gasteiger partial charge is 0.431 e. The van der Waals surface area contributed by atoms with Crippen LogP contribution >= 0.6 is 22.9 Å². The Hall–Kier alpha value is -2.91. The van der Waals surface area contributed by atoms with Gasteiger partial charge in [-0.05, 0) is 47.9 Å². The van der Waals surface area contributed by atoms with E-state index in [-0.39, 0.29) is 6.04 Å². The molecule has 2 aromatic carbocycles. The van der Waals surface area contributed by atoms with Crippen LogP contribution in [-0.2, 0) is 22.5 Å². The normalized spacial score (nSPS) is 18.5. The van der Waals surface area contributed by atoms with Gasteiger partial charge in [-0.2, -0.15) is 0 Å². The number of benzene rings is 2. The van der Waals surface area contributed by atoms with E-state index in [1.165, 1.54) is 10.4 Å². The topological polar surface area (TPSA) is 70.7 Å². The van der Waals surface area contributed by atoms with E-state index in [0.29, 0.717) is 16.8 Å². The molecule has 0 bridgehead atoms. The third kappa shape index (κ3) is 4.54. The Bertz CT molecular complexity index is 1350. The van der Waals surface area contributed by atoms with Crippen LogP contribution in [-0.4, -0.2) is 59.0 Å². The van der Waals surface area contributed by atoms with Crippen LogP contribution in [0, 0.1) is 0 Å². The van der Waals surface area contributed by atoms with Crippen molar-refractivity contribution < 1.29 is 14.3 Å². The molecule has 0 radical (unpaired) electrons. The number of hydrogen-bond acceptors (Lipinski definition) is 6. The van der Waals surface area contributed by atoms with Crippen molar-refractivity contribution in [3.63, 3.8) is 0 Å². The highest BCUT2D eigenvalue weighted by Crippen LogP contribution is 2.39. The second-order valence-corrected chi connectivity index (χ2v) is 10.4. The van der Waals surface area contributed by atoms with Crippen molar-refractivity contribution >= 4 is 40.3 Å². The molecule has 0 spiro atoms. The maximum Gasteiger partial charge on any atom is 0.278 e. The molecule has 0 aliphatic carbocycles. The minimum atomic E-state index is -0.184. The fourth-order valence-electron chi connectivity index (χ4n) is 4.96. The molecule has 35 heavy (non-hydrogen) atoms. The maximum absolute atomic E-state index is 11.9. The van der Waals surface area contributed by atoms with Gasteiger partial charge in [-0.3, -0.25) is 9.69 Å². The van der Waals surface area contributed by atoms with Crippen LogP contribution < -0.4 is 4.74 Å². The lowest BCUT2D eigenvalue weighted by Gasteiger charge is -2.33. The van der Waals surface area contributed by atoms with E-state index in [1.807, 2.05) is 53.6 Å². The lowest BCUT2D eigenvalue weighted by molar-refractivity contribution is -0.120. The smallest absolute Gasteiger partial charge is 0.278 e. The van der Waals surface area contributed by atoms with Crippen molar-refractivity contribution in [2.75, 3.05) is 32.8 Å². The lowest BCUT2D eigenvalue weighted by atomic mass is 9.93. The third-order valence-corrected chi connectivity index (χ3v) is 7.77. The Labute approximate surface area is 212 Å². The first-order valence-electron chi connectivity index (χ1n) is 11.7. The molecule has 2 aromatic heterocycles. The number of morpholine rings is 1. The molecule has 180 valence electrons. The molecule has 4 heterocycles. The van der Waals surface area contributed by atoms with Crippen molar-refractivity contribution in [3.05, 3.63) is 75.4 Å². The van der Waals surface area contributed by atoms with E-state index in [4.69, 9.17) is 21.1 Å². The lowest BCUT2D eigenvalue weighted by Crippen LogP contribution is -2.35. The van der Waals surface area contributed by atoms with E-state index in [2.05, 4.69) is 14.9 Å². The zero-order valence-corrected chi connectivity index (χ0v) is 20.6. The highest BCUT2D eigenvalue weighted by Gasteiger charge is 2.31. The molecule has 6 rings (SSSR count). The van der Waals surface area contributed by atoms with Crippen LogP contribution in [0.1, 0.15) is 27.7 Å². The highest BCUT2D eigenvalue weighted by molar-refractivity contribution is 7.13. The van der Waals surface area contributed by atoms with Crippen LogP contribution in [0.15, 0.2) is 48.7 Å². The van der Waals surface area contributed by atoms with Gasteiger partial charge in [-0.15, -0.1) is 0 Å². The van der Waals surface area contributed by atoms with Gasteiger partial charge in [0.2, 0.25) is 6.41 Å². The molecule has 2 aliphatic rings. The number of hydrogen-bond donors (Lipinski definition) is 1. The first-order valence-corrected chi connectivity index (χ1v) is 12.9. The minimum Gasteiger partial charge on any atom is -0.431 e. The molecule has 2 aliphatic heterocycles. The molecule has 0 saturated carbocycles. The summed E-state index contributed by atoms with van der Waals surface area (Å²) in [5.74, 6) is 0.720. The number of halogens is 1. The fourth-order valence-corrected chi connectivity index (χ4v) is 5.95. The highest BCUT2D eigenvalue weighted by atomic mass is 35.5. The van der Waals surface area contributed by atoms with E-state index in [0.717, 1.165) is 73.6 Å². The average molecular weight is 509 g/mol. The number of rotatable bonds is 6. The maximum atomic E-state index is 11.9. The molecular weight excluding hydrogens is 484 g/mol. The van der Waals surface area contributed by atoms with E-state index in [1.54, 1.807) is 11.3 Å². The predicted octanol–water partition coefficient (Wildman–Crippen LogP) is 5.01. The number of nitrogens with one attached hydrogen (secondary N) is 1. The number of thiazole rings is 1. The standard InChI is InChI=1S/C26H25ClN4O3S/c27-18-3-6-23-22(13-18)21-7-8-31(16-32)25(24(21)29-23)17-1-4-19(5-2-17)34-26-28-14-20(35-26)15-30-9-11-33-12-10-30/h1-6,13-14,16,25,29H,7-12,15H2/t25-/m0/s1. The summed E-state index contributed by atoms with van der Waals surface area (Å²) in [7, 11) is 0. The average Bonchev–Trinajstić information content (AvgIpc) is 3.48. The Morgan fingerprint density at radius 1 is 1.17 bits per heavy atom.